The fraction of sp³-hybridized carbons (Fsp3) is 0.250. The Kier molecular flexibility index (Phi) is 8.75. The van der Waals surface area contributed by atoms with Crippen molar-refractivity contribution in [1.29, 1.82) is 0 Å². The Morgan fingerprint density at radius 3 is 2.08 bits per heavy atom. The van der Waals surface area contributed by atoms with Gasteiger partial charge in [-0.1, -0.05) is 48.5 Å². The highest BCUT2D eigenvalue weighted by molar-refractivity contribution is 14.0. The summed E-state index contributed by atoms with van der Waals surface area (Å²) in [5.41, 5.74) is 7.69. The molecule has 0 radical (unpaired) electrons. The number of hydrogen-bond acceptors (Lipinski definition) is 8. The third-order valence-corrected chi connectivity index (χ3v) is 7.03. The third-order valence-electron chi connectivity index (χ3n) is 6.01. The number of rotatable bonds is 8. The zero-order valence-corrected chi connectivity index (χ0v) is 23.1. The molecule has 2 aliphatic heterocycles. The van der Waals surface area contributed by atoms with Crippen molar-refractivity contribution in [1.82, 2.24) is 20.8 Å². The molecule has 2 heterocycles. The van der Waals surface area contributed by atoms with Gasteiger partial charge in [-0.05, 0) is 21.5 Å². The van der Waals surface area contributed by atoms with Crippen LogP contribution < -0.4 is 16.2 Å². The fourth-order valence-corrected chi connectivity index (χ4v) is 5.08. The van der Waals surface area contributed by atoms with Gasteiger partial charge in [0.15, 0.2) is 0 Å². The Hall–Kier alpha value is -3.06. The number of halogens is 1. The maximum atomic E-state index is 11.7. The number of nitrogens with one attached hydrogen (secondary N) is 3. The topological polar surface area (TPSA) is 146 Å². The van der Waals surface area contributed by atoms with Gasteiger partial charge >= 0.3 is 7.75 Å². The lowest BCUT2D eigenvalue weighted by atomic mass is 9.92. The molecular weight excluding hydrogens is 606 g/mol. The lowest BCUT2D eigenvalue weighted by Gasteiger charge is -2.19. The predicted octanol–water partition coefficient (Wildman–Crippen LogP) is 2.61. The van der Waals surface area contributed by atoms with Gasteiger partial charge in [-0.2, -0.15) is 10.2 Å². The lowest BCUT2D eigenvalue weighted by molar-refractivity contribution is 0.320. The Morgan fingerprint density at radius 1 is 0.946 bits per heavy atom. The first-order chi connectivity index (χ1) is 17.5. The van der Waals surface area contributed by atoms with Crippen molar-refractivity contribution < 1.29 is 14.4 Å². The smallest absolute Gasteiger partial charge is 0.372 e. The predicted molar refractivity (Wildman–Crippen MR) is 159 cm³/mol. The van der Waals surface area contributed by atoms with Crippen molar-refractivity contribution in [3.63, 3.8) is 0 Å². The number of fused-ring (bicyclic) bond motifs is 2. The summed E-state index contributed by atoms with van der Waals surface area (Å²) in [5, 5.41) is 16.0. The van der Waals surface area contributed by atoms with Crippen molar-refractivity contribution >= 4 is 77.5 Å². The van der Waals surface area contributed by atoms with Gasteiger partial charge in [0.25, 0.3) is 0 Å². The molecule has 0 bridgehead atoms. The van der Waals surface area contributed by atoms with Gasteiger partial charge < -0.3 is 20.5 Å². The van der Waals surface area contributed by atoms with E-state index < -0.39 is 7.75 Å². The molecule has 11 nitrogen and oxygen atoms in total. The third kappa shape index (κ3) is 6.09. The quantitative estimate of drug-likeness (QED) is 0.0640. The summed E-state index contributed by atoms with van der Waals surface area (Å²) in [6.07, 6.45) is 4.31. The highest BCUT2D eigenvalue weighted by Gasteiger charge is 2.31. The molecule has 0 fully saturated rings. The van der Waals surface area contributed by atoms with Crippen molar-refractivity contribution in [2.24, 2.45) is 20.2 Å². The van der Waals surface area contributed by atoms with Crippen LogP contribution in [0.4, 0.5) is 0 Å². The molecule has 0 atom stereocenters. The summed E-state index contributed by atoms with van der Waals surface area (Å²) in [5.74, 6) is 1.07. The minimum absolute atomic E-state index is 0. The van der Waals surface area contributed by atoms with Crippen LogP contribution in [0.2, 0.25) is 0 Å². The first-order valence-electron chi connectivity index (χ1n) is 11.7. The van der Waals surface area contributed by atoms with Gasteiger partial charge in [0.1, 0.15) is 0 Å². The van der Waals surface area contributed by atoms with E-state index in [1.807, 2.05) is 54.7 Å². The summed E-state index contributed by atoms with van der Waals surface area (Å²) in [6.45, 7) is 2.85. The number of aliphatic imine (C=N–C) groups is 2. The van der Waals surface area contributed by atoms with Gasteiger partial charge in [0.05, 0.1) is 37.9 Å². The summed E-state index contributed by atoms with van der Waals surface area (Å²) in [4.78, 5) is 27.5. The first kappa shape index (κ1) is 27.0. The van der Waals surface area contributed by atoms with E-state index in [1.54, 1.807) is 6.21 Å². The van der Waals surface area contributed by atoms with Crippen molar-refractivity contribution in [3.8, 4) is 0 Å². The van der Waals surface area contributed by atoms with E-state index in [2.05, 4.69) is 36.4 Å². The minimum atomic E-state index is -4.45. The molecular formula is C24H28IN8O3P. The molecule has 37 heavy (non-hydrogen) atoms. The monoisotopic (exact) mass is 634 g/mol. The second-order valence-electron chi connectivity index (χ2n) is 8.30. The molecule has 0 saturated carbocycles. The van der Waals surface area contributed by atoms with Crippen molar-refractivity contribution in [2.75, 3.05) is 32.7 Å². The van der Waals surface area contributed by atoms with Crippen molar-refractivity contribution in [3.05, 3.63) is 59.7 Å². The summed E-state index contributed by atoms with van der Waals surface area (Å²) >= 11 is 0. The molecule has 194 valence electrons. The van der Waals surface area contributed by atoms with E-state index in [-0.39, 0.29) is 36.5 Å². The molecule has 0 aromatic heterocycles. The van der Waals surface area contributed by atoms with Crippen LogP contribution in [0, 0.1) is 0 Å². The van der Waals surface area contributed by atoms with Crippen LogP contribution in [0.15, 0.2) is 68.7 Å². The van der Waals surface area contributed by atoms with Gasteiger partial charge in [0, 0.05) is 30.6 Å². The molecule has 0 aliphatic carbocycles. The van der Waals surface area contributed by atoms with Crippen LogP contribution in [0.3, 0.4) is 0 Å². The highest BCUT2D eigenvalue weighted by atomic mass is 127. The molecule has 0 spiro atoms. The van der Waals surface area contributed by atoms with E-state index in [4.69, 9.17) is 0 Å². The molecule has 2 aliphatic rings. The molecule has 13 heteroatoms. The molecule has 5 rings (SSSR count). The van der Waals surface area contributed by atoms with Gasteiger partial charge in [0.2, 0.25) is 5.96 Å². The second-order valence-corrected chi connectivity index (χ2v) is 9.81. The van der Waals surface area contributed by atoms with Gasteiger partial charge in [-0.3, -0.25) is 4.99 Å². The maximum Gasteiger partial charge on any atom is 0.432 e. The van der Waals surface area contributed by atoms with Crippen LogP contribution in [0.5, 0.6) is 0 Å². The maximum absolute atomic E-state index is 11.7. The van der Waals surface area contributed by atoms with Crippen LogP contribution in [-0.4, -0.2) is 71.4 Å². The molecule has 3 aromatic rings. The van der Waals surface area contributed by atoms with Gasteiger partial charge in [-0.15, -0.1) is 24.0 Å². The van der Waals surface area contributed by atoms with Crippen molar-refractivity contribution in [2.45, 2.75) is 6.42 Å². The first-order valence-corrected chi connectivity index (χ1v) is 13.2. The minimum Gasteiger partial charge on any atom is -0.372 e. The number of benzene rings is 3. The zero-order chi connectivity index (χ0) is 25.0. The SMILES string of the molecule is I.O=P(O)(O)N1CCN=C1NN=Cc1c2ccccc2c(C=NNCCC2=NCCN2)c2ccccc12. The summed E-state index contributed by atoms with van der Waals surface area (Å²) in [6, 6.07) is 16.0. The van der Waals surface area contributed by atoms with E-state index >= 15 is 0 Å². The van der Waals surface area contributed by atoms with Crippen LogP contribution in [0.25, 0.3) is 21.5 Å². The number of nitrogens with zero attached hydrogens (tertiary/aromatic N) is 5. The Balaban J connectivity index is 0.00000320. The number of hydrogen-bond donors (Lipinski definition) is 5. The zero-order valence-electron chi connectivity index (χ0n) is 19.9. The molecule has 0 unspecified atom stereocenters. The fourth-order valence-electron chi connectivity index (χ4n) is 4.38. The molecule has 0 amide bonds. The Bertz CT molecular complexity index is 1400. The number of hydrazone groups is 2. The highest BCUT2D eigenvalue weighted by Crippen LogP contribution is 2.41. The second kappa shape index (κ2) is 12.0. The molecule has 3 aromatic carbocycles. The van der Waals surface area contributed by atoms with Crippen LogP contribution >= 0.6 is 31.7 Å². The van der Waals surface area contributed by atoms with E-state index in [0.717, 1.165) is 62.7 Å². The summed E-state index contributed by atoms with van der Waals surface area (Å²) < 4.78 is 12.6. The molecule has 0 saturated heterocycles. The Morgan fingerprint density at radius 2 is 1.54 bits per heavy atom. The van der Waals surface area contributed by atoms with E-state index in [9.17, 15) is 14.4 Å². The summed E-state index contributed by atoms with van der Waals surface area (Å²) in [7, 11) is -4.45. The average Bonchev–Trinajstić information content (AvgIpc) is 3.57. The van der Waals surface area contributed by atoms with Crippen LogP contribution in [-0.2, 0) is 4.57 Å². The van der Waals surface area contributed by atoms with E-state index in [1.165, 1.54) is 0 Å². The Labute approximate surface area is 231 Å². The van der Waals surface area contributed by atoms with Crippen LogP contribution in [0.1, 0.15) is 17.5 Å². The van der Waals surface area contributed by atoms with E-state index in [0.29, 0.717) is 13.1 Å². The lowest BCUT2D eigenvalue weighted by Crippen LogP contribution is -2.33. The molecule has 5 N–H and O–H groups in total. The average molecular weight is 634 g/mol. The normalized spacial score (nSPS) is 15.8. The number of guanidine groups is 1. The van der Waals surface area contributed by atoms with Gasteiger partial charge in [-0.25, -0.2) is 19.7 Å². The largest absolute Gasteiger partial charge is 0.432 e. The standard InChI is InChI=1S/C24H27N8O3P.HI/c33-36(34,35)32-14-13-27-24(32)31-30-16-22-19-7-3-1-5-17(19)21(18-6-2-4-8-20(18)22)15-29-28-10-9-23-25-11-12-26-23;/h1-8,15-16,28H,9-14H2,(H,25,26)(H,27,31)(H2,33,34,35);1H. The number of amidine groups is 1.